The molecule has 2 rings (SSSR count). The molecule has 1 aliphatic carbocycles. The lowest BCUT2D eigenvalue weighted by molar-refractivity contribution is -0.198. The Morgan fingerprint density at radius 2 is 2.06 bits per heavy atom. The van der Waals surface area contributed by atoms with E-state index in [0.29, 0.717) is 0 Å². The van der Waals surface area contributed by atoms with Gasteiger partial charge < -0.3 is 9.84 Å². The van der Waals surface area contributed by atoms with E-state index >= 15 is 0 Å². The van der Waals surface area contributed by atoms with Crippen molar-refractivity contribution >= 4 is 0 Å². The molecule has 0 radical (unpaired) electrons. The van der Waals surface area contributed by atoms with Crippen molar-refractivity contribution in [2.75, 3.05) is 0 Å². The molecule has 2 nitrogen and oxygen atoms in total. The van der Waals surface area contributed by atoms with Gasteiger partial charge in [0, 0.05) is 12.3 Å². The molecule has 0 heterocycles. The second-order valence-corrected chi connectivity index (χ2v) is 5.34. The van der Waals surface area contributed by atoms with Crippen LogP contribution in [-0.4, -0.2) is 10.9 Å². The first kappa shape index (κ1) is 13.4. The van der Waals surface area contributed by atoms with E-state index in [-0.39, 0.29) is 5.92 Å². The minimum Gasteiger partial charge on any atom is -0.462 e. The van der Waals surface area contributed by atoms with Crippen LogP contribution in [0, 0.1) is 5.92 Å². The van der Waals surface area contributed by atoms with E-state index in [1.807, 2.05) is 30.3 Å². The number of para-hydroxylation sites is 1. The second kappa shape index (κ2) is 6.24. The van der Waals surface area contributed by atoms with Crippen LogP contribution in [0.4, 0.5) is 0 Å². The van der Waals surface area contributed by atoms with Gasteiger partial charge in [-0.25, -0.2) is 0 Å². The molecular formula is C16H24O2. The van der Waals surface area contributed by atoms with E-state index in [0.717, 1.165) is 31.4 Å². The third-order valence-electron chi connectivity index (χ3n) is 3.92. The third-order valence-corrected chi connectivity index (χ3v) is 3.92. The van der Waals surface area contributed by atoms with Crippen molar-refractivity contribution in [3.8, 4) is 5.75 Å². The molecule has 2 heteroatoms. The molecule has 1 aromatic carbocycles. The lowest BCUT2D eigenvalue weighted by atomic mass is 9.80. The Labute approximate surface area is 110 Å². The number of benzene rings is 1. The molecule has 0 aromatic heterocycles. The fourth-order valence-corrected chi connectivity index (χ4v) is 2.85. The summed E-state index contributed by atoms with van der Waals surface area (Å²) in [6, 6.07) is 9.70. The zero-order chi connectivity index (χ0) is 12.8. The highest BCUT2D eigenvalue weighted by atomic mass is 16.6. The maximum Gasteiger partial charge on any atom is 0.210 e. The fraction of sp³-hybridized carbons (Fsp3) is 0.625. The molecule has 0 saturated heterocycles. The third kappa shape index (κ3) is 3.26. The van der Waals surface area contributed by atoms with Crippen molar-refractivity contribution in [1.82, 2.24) is 0 Å². The van der Waals surface area contributed by atoms with Crippen LogP contribution in [0.1, 0.15) is 51.9 Å². The normalized spacial score (nSPS) is 28.0. The van der Waals surface area contributed by atoms with Crippen LogP contribution in [0.15, 0.2) is 30.3 Å². The summed E-state index contributed by atoms with van der Waals surface area (Å²) in [5.74, 6) is 0.115. The monoisotopic (exact) mass is 248 g/mol. The molecule has 0 spiro atoms. The molecule has 1 aliphatic rings. The maximum atomic E-state index is 10.8. The number of hydrogen-bond donors (Lipinski definition) is 1. The Kier molecular flexibility index (Phi) is 4.65. The minimum atomic E-state index is -0.950. The van der Waals surface area contributed by atoms with E-state index in [1.54, 1.807) is 0 Å². The summed E-state index contributed by atoms with van der Waals surface area (Å²) in [5, 5.41) is 10.8. The van der Waals surface area contributed by atoms with Gasteiger partial charge in [-0.15, -0.1) is 0 Å². The standard InChI is InChI=1S/C16H24O2/c1-2-3-9-14-10-7-8-13-16(14,17)18-15-11-5-4-6-12-15/h4-6,11-12,14,17H,2-3,7-10,13H2,1H3. The average molecular weight is 248 g/mol. The van der Waals surface area contributed by atoms with Crippen LogP contribution < -0.4 is 4.74 Å². The summed E-state index contributed by atoms with van der Waals surface area (Å²) in [4.78, 5) is 0. The Morgan fingerprint density at radius 1 is 1.28 bits per heavy atom. The molecule has 0 aliphatic heterocycles. The summed E-state index contributed by atoms with van der Waals surface area (Å²) in [5.41, 5.74) is 0. The molecule has 2 atom stereocenters. The van der Waals surface area contributed by atoms with E-state index in [1.165, 1.54) is 19.3 Å². The number of ether oxygens (including phenoxy) is 1. The van der Waals surface area contributed by atoms with Crippen molar-refractivity contribution in [2.24, 2.45) is 5.92 Å². The van der Waals surface area contributed by atoms with Crippen molar-refractivity contribution in [2.45, 2.75) is 57.7 Å². The van der Waals surface area contributed by atoms with Gasteiger partial charge in [-0.1, -0.05) is 44.4 Å². The topological polar surface area (TPSA) is 29.5 Å². The molecule has 100 valence electrons. The second-order valence-electron chi connectivity index (χ2n) is 5.34. The van der Waals surface area contributed by atoms with Crippen LogP contribution in [-0.2, 0) is 0 Å². The van der Waals surface area contributed by atoms with Crippen LogP contribution in [0.25, 0.3) is 0 Å². The van der Waals surface area contributed by atoms with Gasteiger partial charge in [-0.2, -0.15) is 0 Å². The van der Waals surface area contributed by atoms with Gasteiger partial charge in [0.25, 0.3) is 0 Å². The molecule has 0 amide bonds. The molecule has 18 heavy (non-hydrogen) atoms. The van der Waals surface area contributed by atoms with E-state index in [9.17, 15) is 5.11 Å². The largest absolute Gasteiger partial charge is 0.462 e. The summed E-state index contributed by atoms with van der Waals surface area (Å²) in [6.45, 7) is 2.19. The van der Waals surface area contributed by atoms with E-state index in [2.05, 4.69) is 6.92 Å². The van der Waals surface area contributed by atoms with Crippen LogP contribution in [0.3, 0.4) is 0 Å². The lowest BCUT2D eigenvalue weighted by Crippen LogP contribution is -2.46. The first-order valence-corrected chi connectivity index (χ1v) is 7.21. The van der Waals surface area contributed by atoms with E-state index < -0.39 is 5.79 Å². The smallest absolute Gasteiger partial charge is 0.210 e. The number of rotatable bonds is 5. The molecule has 2 unspecified atom stereocenters. The molecule has 1 fully saturated rings. The van der Waals surface area contributed by atoms with Crippen LogP contribution >= 0.6 is 0 Å². The van der Waals surface area contributed by atoms with Gasteiger partial charge in [0.1, 0.15) is 5.75 Å². The first-order valence-electron chi connectivity index (χ1n) is 7.21. The predicted molar refractivity (Wildman–Crippen MR) is 73.5 cm³/mol. The molecule has 1 N–H and O–H groups in total. The molecule has 1 saturated carbocycles. The van der Waals surface area contributed by atoms with E-state index in [4.69, 9.17) is 4.74 Å². The van der Waals surface area contributed by atoms with Crippen molar-refractivity contribution in [3.05, 3.63) is 30.3 Å². The summed E-state index contributed by atoms with van der Waals surface area (Å²) in [7, 11) is 0. The van der Waals surface area contributed by atoms with Crippen molar-refractivity contribution < 1.29 is 9.84 Å². The summed E-state index contributed by atoms with van der Waals surface area (Å²) in [6.07, 6.45) is 7.54. The Bertz CT molecular complexity index is 349. The highest BCUT2D eigenvalue weighted by Crippen LogP contribution is 2.38. The zero-order valence-electron chi connectivity index (χ0n) is 11.3. The Hall–Kier alpha value is -1.02. The maximum absolute atomic E-state index is 10.8. The molecule has 1 aromatic rings. The molecule has 0 bridgehead atoms. The Balaban J connectivity index is 2.05. The number of unbranched alkanes of at least 4 members (excludes halogenated alkanes) is 1. The van der Waals surface area contributed by atoms with Gasteiger partial charge in [-0.05, 0) is 31.4 Å². The average Bonchev–Trinajstić information content (AvgIpc) is 2.39. The fourth-order valence-electron chi connectivity index (χ4n) is 2.85. The summed E-state index contributed by atoms with van der Waals surface area (Å²) >= 11 is 0. The molecular weight excluding hydrogens is 224 g/mol. The van der Waals surface area contributed by atoms with Gasteiger partial charge >= 0.3 is 0 Å². The SMILES string of the molecule is CCCCC1CCCCC1(O)Oc1ccccc1. The number of hydrogen-bond acceptors (Lipinski definition) is 2. The van der Waals surface area contributed by atoms with Crippen LogP contribution in [0.5, 0.6) is 5.75 Å². The van der Waals surface area contributed by atoms with Crippen LogP contribution in [0.2, 0.25) is 0 Å². The minimum absolute atomic E-state index is 0.284. The van der Waals surface area contributed by atoms with Gasteiger partial charge in [0.2, 0.25) is 5.79 Å². The van der Waals surface area contributed by atoms with Crippen molar-refractivity contribution in [3.63, 3.8) is 0 Å². The zero-order valence-corrected chi connectivity index (χ0v) is 11.3. The lowest BCUT2D eigenvalue weighted by Gasteiger charge is -2.40. The predicted octanol–water partition coefficient (Wildman–Crippen LogP) is 4.13. The van der Waals surface area contributed by atoms with Gasteiger partial charge in [0.05, 0.1) is 0 Å². The van der Waals surface area contributed by atoms with Crippen molar-refractivity contribution in [1.29, 1.82) is 0 Å². The number of aliphatic hydroxyl groups is 1. The summed E-state index contributed by atoms with van der Waals surface area (Å²) < 4.78 is 5.91. The highest BCUT2D eigenvalue weighted by molar-refractivity contribution is 5.21. The van der Waals surface area contributed by atoms with Gasteiger partial charge in [0.15, 0.2) is 0 Å². The quantitative estimate of drug-likeness (QED) is 0.794. The first-order chi connectivity index (χ1) is 8.74. The highest BCUT2D eigenvalue weighted by Gasteiger charge is 2.40. The van der Waals surface area contributed by atoms with Gasteiger partial charge in [-0.3, -0.25) is 0 Å². The Morgan fingerprint density at radius 3 is 2.78 bits per heavy atom.